The molecule has 0 atom stereocenters. The molecule has 3 rings (SSSR count). The van der Waals surface area contributed by atoms with Gasteiger partial charge in [0.05, 0.1) is 12.2 Å². The number of hydrogen-bond acceptors (Lipinski definition) is 8. The molecular formula is C23H20F2N4O3S. The molecule has 33 heavy (non-hydrogen) atoms. The second kappa shape index (κ2) is 10.3. The zero-order valence-corrected chi connectivity index (χ0v) is 18.9. The Hall–Kier alpha value is -3.71. The van der Waals surface area contributed by atoms with Crippen LogP contribution in [0.2, 0.25) is 0 Å². The number of ether oxygens (including phenoxy) is 2. The number of hydrogen-bond donors (Lipinski definition) is 1. The largest absolute Gasteiger partial charge is 0.465 e. The number of carbonyl (C=O) groups excluding carboxylic acids is 1. The molecule has 0 aliphatic rings. The van der Waals surface area contributed by atoms with Crippen LogP contribution >= 0.6 is 11.8 Å². The van der Waals surface area contributed by atoms with E-state index in [0.29, 0.717) is 16.3 Å². The van der Waals surface area contributed by atoms with Crippen LogP contribution in [-0.4, -0.2) is 27.3 Å². The monoisotopic (exact) mass is 470 g/mol. The molecule has 0 radical (unpaired) electrons. The quantitative estimate of drug-likeness (QED) is 0.336. The minimum absolute atomic E-state index is 0.0540. The summed E-state index contributed by atoms with van der Waals surface area (Å²) in [6.07, 6.45) is 2.93. The molecule has 2 aromatic heterocycles. The summed E-state index contributed by atoms with van der Waals surface area (Å²) >= 11 is 1.21. The number of carbonyl (C=O) groups is 1. The Kier molecular flexibility index (Phi) is 7.45. The van der Waals surface area contributed by atoms with Crippen LogP contribution in [0, 0.1) is 23.0 Å². The maximum absolute atomic E-state index is 13.7. The number of rotatable bonds is 8. The number of nitrogens with one attached hydrogen (secondary N) is 1. The first kappa shape index (κ1) is 23.9. The van der Waals surface area contributed by atoms with Crippen molar-refractivity contribution in [1.29, 1.82) is 5.26 Å². The van der Waals surface area contributed by atoms with E-state index in [2.05, 4.69) is 15.3 Å². The SMILES string of the molecule is CCOC(=O)C(C)(C)Sc1cnc(Nc2ccc(C#N)cn2)c(Oc2ccc(F)c(F)c2)c1. The molecular weight excluding hydrogens is 450 g/mol. The van der Waals surface area contributed by atoms with E-state index in [1.807, 2.05) is 6.07 Å². The van der Waals surface area contributed by atoms with Crippen molar-refractivity contribution in [2.75, 3.05) is 11.9 Å². The highest BCUT2D eigenvalue weighted by Crippen LogP contribution is 2.38. The van der Waals surface area contributed by atoms with E-state index in [1.54, 1.807) is 39.0 Å². The van der Waals surface area contributed by atoms with Gasteiger partial charge in [-0.05, 0) is 51.1 Å². The van der Waals surface area contributed by atoms with E-state index in [1.165, 1.54) is 30.2 Å². The zero-order chi connectivity index (χ0) is 24.0. The summed E-state index contributed by atoms with van der Waals surface area (Å²) in [6.45, 7) is 5.42. The molecule has 0 spiro atoms. The molecule has 0 amide bonds. The van der Waals surface area contributed by atoms with Gasteiger partial charge < -0.3 is 14.8 Å². The molecule has 0 aliphatic heterocycles. The zero-order valence-electron chi connectivity index (χ0n) is 18.1. The van der Waals surface area contributed by atoms with E-state index in [0.717, 1.165) is 12.1 Å². The van der Waals surface area contributed by atoms with Crippen LogP contribution in [0.15, 0.2) is 53.7 Å². The Bertz CT molecular complexity index is 1200. The molecule has 170 valence electrons. The highest BCUT2D eigenvalue weighted by atomic mass is 32.2. The number of nitriles is 1. The highest BCUT2D eigenvalue weighted by Gasteiger charge is 2.31. The van der Waals surface area contributed by atoms with E-state index >= 15 is 0 Å². The lowest BCUT2D eigenvalue weighted by molar-refractivity contribution is -0.145. The second-order valence-corrected chi connectivity index (χ2v) is 8.89. The van der Waals surface area contributed by atoms with Crippen molar-refractivity contribution in [2.45, 2.75) is 30.4 Å². The van der Waals surface area contributed by atoms with Gasteiger partial charge in [-0.25, -0.2) is 18.7 Å². The van der Waals surface area contributed by atoms with Crippen LogP contribution in [-0.2, 0) is 9.53 Å². The van der Waals surface area contributed by atoms with E-state index in [9.17, 15) is 13.6 Å². The third-order valence-corrected chi connectivity index (χ3v) is 5.36. The third kappa shape index (κ3) is 6.17. The van der Waals surface area contributed by atoms with Gasteiger partial charge >= 0.3 is 5.97 Å². The van der Waals surface area contributed by atoms with Gasteiger partial charge in [0.1, 0.15) is 22.4 Å². The van der Waals surface area contributed by atoms with Crippen molar-refractivity contribution in [2.24, 2.45) is 0 Å². The maximum atomic E-state index is 13.7. The highest BCUT2D eigenvalue weighted by molar-refractivity contribution is 8.01. The lowest BCUT2D eigenvalue weighted by Crippen LogP contribution is -2.29. The van der Waals surface area contributed by atoms with Gasteiger partial charge in [-0.15, -0.1) is 11.8 Å². The molecule has 0 bridgehead atoms. The number of halogens is 2. The van der Waals surface area contributed by atoms with Gasteiger partial charge in [0.25, 0.3) is 0 Å². The molecule has 0 saturated heterocycles. The lowest BCUT2D eigenvalue weighted by Gasteiger charge is -2.22. The first-order valence-corrected chi connectivity index (χ1v) is 10.7. The number of pyridine rings is 2. The van der Waals surface area contributed by atoms with Gasteiger partial charge in [0.15, 0.2) is 23.2 Å². The molecule has 0 aliphatic carbocycles. The Morgan fingerprint density at radius 2 is 1.94 bits per heavy atom. The van der Waals surface area contributed by atoms with Crippen molar-refractivity contribution in [1.82, 2.24) is 9.97 Å². The Labute approximate surface area is 193 Å². The van der Waals surface area contributed by atoms with Gasteiger partial charge in [0.2, 0.25) is 0 Å². The molecule has 10 heteroatoms. The van der Waals surface area contributed by atoms with Gasteiger partial charge in [-0.1, -0.05) is 0 Å². The Morgan fingerprint density at radius 3 is 2.58 bits per heavy atom. The fourth-order valence-corrected chi connectivity index (χ4v) is 3.62. The minimum atomic E-state index is -1.06. The van der Waals surface area contributed by atoms with Crippen LogP contribution < -0.4 is 10.1 Å². The van der Waals surface area contributed by atoms with E-state index in [-0.39, 0.29) is 29.9 Å². The average Bonchev–Trinajstić information content (AvgIpc) is 2.78. The first-order valence-electron chi connectivity index (χ1n) is 9.84. The molecule has 0 unspecified atom stereocenters. The number of thioether (sulfide) groups is 1. The summed E-state index contributed by atoms with van der Waals surface area (Å²) in [5.74, 6) is -1.56. The lowest BCUT2D eigenvalue weighted by atomic mass is 10.2. The van der Waals surface area contributed by atoms with Crippen LogP contribution in [0.5, 0.6) is 11.5 Å². The van der Waals surface area contributed by atoms with Crippen LogP contribution in [0.1, 0.15) is 26.3 Å². The molecule has 1 N–H and O–H groups in total. The number of aromatic nitrogens is 2. The van der Waals surface area contributed by atoms with Crippen molar-refractivity contribution in [3.05, 3.63) is 66.0 Å². The maximum Gasteiger partial charge on any atom is 0.321 e. The normalized spacial score (nSPS) is 10.9. The van der Waals surface area contributed by atoms with Gasteiger partial charge in [-0.2, -0.15) is 5.26 Å². The predicted octanol–water partition coefficient (Wildman–Crippen LogP) is 5.60. The fraction of sp³-hybridized carbons (Fsp3) is 0.217. The Balaban J connectivity index is 1.94. The summed E-state index contributed by atoms with van der Waals surface area (Å²) in [6, 6.07) is 9.93. The third-order valence-electron chi connectivity index (χ3n) is 4.23. The summed E-state index contributed by atoms with van der Waals surface area (Å²) in [5.41, 5.74) is 0.389. The van der Waals surface area contributed by atoms with Gasteiger partial charge in [-0.3, -0.25) is 4.79 Å². The summed E-state index contributed by atoms with van der Waals surface area (Å²) < 4.78 is 37.0. The minimum Gasteiger partial charge on any atom is -0.465 e. The van der Waals surface area contributed by atoms with E-state index in [4.69, 9.17) is 14.7 Å². The summed E-state index contributed by atoms with van der Waals surface area (Å²) in [7, 11) is 0. The van der Waals surface area contributed by atoms with Gasteiger partial charge in [0, 0.05) is 23.4 Å². The number of nitrogens with zero attached hydrogens (tertiary/aromatic N) is 3. The fourth-order valence-electron chi connectivity index (χ4n) is 2.62. The van der Waals surface area contributed by atoms with E-state index < -0.39 is 16.4 Å². The van der Waals surface area contributed by atoms with Crippen LogP contribution in [0.25, 0.3) is 0 Å². The topological polar surface area (TPSA) is 97.1 Å². The van der Waals surface area contributed by atoms with Crippen LogP contribution in [0.3, 0.4) is 0 Å². The van der Waals surface area contributed by atoms with Crippen molar-refractivity contribution >= 4 is 29.4 Å². The van der Waals surface area contributed by atoms with Crippen molar-refractivity contribution < 1.29 is 23.0 Å². The average molecular weight is 471 g/mol. The molecule has 0 fully saturated rings. The second-order valence-electron chi connectivity index (χ2n) is 7.20. The molecule has 0 saturated carbocycles. The smallest absolute Gasteiger partial charge is 0.321 e. The molecule has 1 aromatic carbocycles. The Morgan fingerprint density at radius 1 is 1.15 bits per heavy atom. The van der Waals surface area contributed by atoms with Crippen LogP contribution in [0.4, 0.5) is 20.4 Å². The number of anilines is 2. The predicted molar refractivity (Wildman–Crippen MR) is 119 cm³/mol. The first-order chi connectivity index (χ1) is 15.7. The number of benzene rings is 1. The molecule has 7 nitrogen and oxygen atoms in total. The molecule has 3 aromatic rings. The summed E-state index contributed by atoms with van der Waals surface area (Å²) in [4.78, 5) is 21.3. The van der Waals surface area contributed by atoms with Crippen molar-refractivity contribution in [3.8, 4) is 17.6 Å². The number of esters is 1. The van der Waals surface area contributed by atoms with Crippen molar-refractivity contribution in [3.63, 3.8) is 0 Å². The molecule has 2 heterocycles. The standard InChI is InChI=1S/C23H20F2N4O3S/c1-4-31-22(30)23(2,3)33-16-10-19(32-15-6-7-17(24)18(25)9-15)21(28-13-16)29-20-8-5-14(11-26)12-27-20/h5-10,12-13H,4H2,1-3H3,(H,27,28,29). The summed E-state index contributed by atoms with van der Waals surface area (Å²) in [5, 5.41) is 11.9.